The van der Waals surface area contributed by atoms with E-state index in [4.69, 9.17) is 21.1 Å². The molecule has 0 aliphatic carbocycles. The largest absolute Gasteiger partial charge is 0.492 e. The van der Waals surface area contributed by atoms with E-state index in [2.05, 4.69) is 6.92 Å². The van der Waals surface area contributed by atoms with E-state index in [1.807, 2.05) is 42.1 Å². The number of unbranched alkanes of at least 4 members (excludes halogenated alkanes) is 11. The number of halogens is 1. The Morgan fingerprint density at radius 3 is 2.11 bits per heavy atom. The van der Waals surface area contributed by atoms with Crippen molar-refractivity contribution in [2.75, 3.05) is 6.61 Å². The van der Waals surface area contributed by atoms with E-state index in [0.717, 1.165) is 29.0 Å². The minimum Gasteiger partial charge on any atom is -0.492 e. The summed E-state index contributed by atoms with van der Waals surface area (Å²) in [5, 5.41) is 0.484. The Morgan fingerprint density at radius 1 is 0.895 bits per heavy atom. The van der Waals surface area contributed by atoms with E-state index in [1.54, 1.807) is 12.1 Å². The first kappa shape index (κ1) is 31.6. The topological polar surface area (TPSA) is 59.7 Å². The van der Waals surface area contributed by atoms with Gasteiger partial charge in [0.1, 0.15) is 25.9 Å². The first-order valence-electron chi connectivity index (χ1n) is 14.2. The fourth-order valence-corrected chi connectivity index (χ4v) is 4.55. The van der Waals surface area contributed by atoms with Crippen LogP contribution in [0, 0.1) is 0 Å². The van der Waals surface area contributed by atoms with Crippen LogP contribution in [0.5, 0.6) is 5.75 Å². The molecule has 2 aromatic rings. The smallest absolute Gasteiger partial charge is 0.417 e. The van der Waals surface area contributed by atoms with E-state index in [1.165, 1.54) is 71.1 Å². The van der Waals surface area contributed by atoms with Crippen molar-refractivity contribution in [1.29, 1.82) is 0 Å². The van der Waals surface area contributed by atoms with Crippen LogP contribution in [0.15, 0.2) is 42.6 Å². The Kier molecular flexibility index (Phi) is 15.5. The number of nitrogens with zero attached hydrogens (tertiary/aromatic N) is 2. The van der Waals surface area contributed by atoms with Gasteiger partial charge in [-0.3, -0.25) is 4.79 Å². The molecule has 1 aromatic carbocycles. The van der Waals surface area contributed by atoms with Gasteiger partial charge in [0.05, 0.1) is 11.6 Å². The SMILES string of the molecule is CCCCCCCCCCCCCCOc1ccc(COC(=O)N(Cc2cccc[n+]2C)C(C)=O)cc1Cl. The molecule has 0 spiro atoms. The molecule has 0 fully saturated rings. The molecule has 0 bridgehead atoms. The Morgan fingerprint density at radius 2 is 1.53 bits per heavy atom. The maximum atomic E-state index is 12.6. The molecule has 0 atom stereocenters. The average molecular weight is 546 g/mol. The third-order valence-electron chi connectivity index (χ3n) is 6.70. The summed E-state index contributed by atoms with van der Waals surface area (Å²) >= 11 is 6.40. The molecule has 38 heavy (non-hydrogen) atoms. The van der Waals surface area contributed by atoms with Crippen molar-refractivity contribution in [3.8, 4) is 5.75 Å². The van der Waals surface area contributed by atoms with Crippen molar-refractivity contribution in [2.45, 2.75) is 104 Å². The number of amides is 2. The molecule has 0 radical (unpaired) electrons. The van der Waals surface area contributed by atoms with Gasteiger partial charge in [-0.05, 0) is 24.1 Å². The fraction of sp³-hybridized carbons (Fsp3) is 0.581. The minimum atomic E-state index is -0.690. The number of carbonyl (C=O) groups is 2. The van der Waals surface area contributed by atoms with Gasteiger partial charge < -0.3 is 9.47 Å². The highest BCUT2D eigenvalue weighted by Gasteiger charge is 2.23. The van der Waals surface area contributed by atoms with Gasteiger partial charge in [-0.15, -0.1) is 0 Å². The summed E-state index contributed by atoms with van der Waals surface area (Å²) in [4.78, 5) is 25.7. The number of hydrogen-bond donors (Lipinski definition) is 0. The number of benzene rings is 1. The second kappa shape index (κ2) is 18.6. The van der Waals surface area contributed by atoms with Gasteiger partial charge in [0, 0.05) is 19.1 Å². The Bertz CT molecular complexity index is 982. The zero-order chi connectivity index (χ0) is 27.6. The summed E-state index contributed by atoms with van der Waals surface area (Å²) in [5.41, 5.74) is 1.55. The van der Waals surface area contributed by atoms with Gasteiger partial charge in [-0.25, -0.2) is 14.3 Å². The standard InChI is InChI=1S/C31H46ClN2O4/c1-4-5-6-7-8-9-10-11-12-13-14-17-22-37-30-20-19-27(23-29(30)32)25-38-31(36)34(26(2)35)24-28-18-15-16-21-33(28)3/h15-16,18-21,23H,4-14,17,22,24-25H2,1-3H3/q+1. The zero-order valence-electron chi connectivity index (χ0n) is 23.6. The van der Waals surface area contributed by atoms with Gasteiger partial charge in [0.25, 0.3) is 0 Å². The van der Waals surface area contributed by atoms with Crippen molar-refractivity contribution >= 4 is 23.6 Å². The van der Waals surface area contributed by atoms with Crippen LogP contribution in [0.4, 0.5) is 4.79 Å². The van der Waals surface area contributed by atoms with E-state index in [-0.39, 0.29) is 19.1 Å². The highest BCUT2D eigenvalue weighted by Crippen LogP contribution is 2.26. The molecule has 2 amide bonds. The third-order valence-corrected chi connectivity index (χ3v) is 6.99. The first-order valence-corrected chi connectivity index (χ1v) is 14.6. The Balaban J connectivity index is 1.64. The maximum absolute atomic E-state index is 12.6. The number of pyridine rings is 1. The van der Waals surface area contributed by atoms with E-state index >= 15 is 0 Å². The maximum Gasteiger partial charge on any atom is 0.417 e. The molecule has 0 saturated heterocycles. The molecule has 0 aliphatic heterocycles. The molecule has 210 valence electrons. The molecular weight excluding hydrogens is 500 g/mol. The number of ether oxygens (including phenoxy) is 2. The molecule has 1 heterocycles. The predicted octanol–water partition coefficient (Wildman–Crippen LogP) is 7.93. The lowest BCUT2D eigenvalue weighted by atomic mass is 10.1. The third kappa shape index (κ3) is 12.3. The fourth-order valence-electron chi connectivity index (χ4n) is 4.29. The molecule has 0 saturated carbocycles. The Hall–Kier alpha value is -2.60. The van der Waals surface area contributed by atoms with Crippen LogP contribution in [0.3, 0.4) is 0 Å². The summed E-state index contributed by atoms with van der Waals surface area (Å²) < 4.78 is 13.1. The second-order valence-corrected chi connectivity index (χ2v) is 10.4. The van der Waals surface area contributed by atoms with Gasteiger partial charge >= 0.3 is 6.09 Å². The van der Waals surface area contributed by atoms with Gasteiger partial charge in [-0.2, -0.15) is 0 Å². The van der Waals surface area contributed by atoms with Crippen LogP contribution in [-0.4, -0.2) is 23.5 Å². The predicted molar refractivity (Wildman–Crippen MR) is 152 cm³/mol. The lowest BCUT2D eigenvalue weighted by molar-refractivity contribution is -0.679. The molecule has 2 rings (SSSR count). The number of hydrogen-bond acceptors (Lipinski definition) is 4. The lowest BCUT2D eigenvalue weighted by Crippen LogP contribution is -2.41. The summed E-state index contributed by atoms with van der Waals surface area (Å²) in [6.45, 7) is 4.40. The van der Waals surface area contributed by atoms with Crippen molar-refractivity contribution in [3.05, 3.63) is 58.9 Å². The number of aryl methyl sites for hydroxylation is 1. The summed E-state index contributed by atoms with van der Waals surface area (Å²) in [7, 11) is 1.86. The van der Waals surface area contributed by atoms with Gasteiger partial charge in [0.2, 0.25) is 11.6 Å². The molecule has 0 N–H and O–H groups in total. The summed E-state index contributed by atoms with van der Waals surface area (Å²) in [6.07, 6.45) is 16.8. The van der Waals surface area contributed by atoms with Crippen LogP contribution < -0.4 is 9.30 Å². The normalized spacial score (nSPS) is 10.8. The van der Waals surface area contributed by atoms with Gasteiger partial charge in [-0.1, -0.05) is 101 Å². The van der Waals surface area contributed by atoms with E-state index in [9.17, 15) is 9.59 Å². The number of aromatic nitrogens is 1. The van der Waals surface area contributed by atoms with Crippen LogP contribution in [-0.2, 0) is 29.7 Å². The quantitative estimate of drug-likeness (QED) is 0.141. The van der Waals surface area contributed by atoms with Crippen molar-refractivity contribution < 1.29 is 23.6 Å². The number of rotatable bonds is 18. The first-order chi connectivity index (χ1) is 18.4. The lowest BCUT2D eigenvalue weighted by Gasteiger charge is -2.18. The van der Waals surface area contributed by atoms with Crippen LogP contribution in [0.25, 0.3) is 0 Å². The highest BCUT2D eigenvalue weighted by molar-refractivity contribution is 6.32. The average Bonchev–Trinajstić information content (AvgIpc) is 2.90. The van der Waals surface area contributed by atoms with E-state index < -0.39 is 6.09 Å². The molecule has 6 nitrogen and oxygen atoms in total. The highest BCUT2D eigenvalue weighted by atomic mass is 35.5. The molecule has 1 aromatic heterocycles. The summed E-state index contributed by atoms with van der Waals surface area (Å²) in [6, 6.07) is 11.0. The Labute approximate surface area is 234 Å². The van der Waals surface area contributed by atoms with Crippen LogP contribution in [0.1, 0.15) is 102 Å². The summed E-state index contributed by atoms with van der Waals surface area (Å²) in [5.74, 6) is 0.255. The second-order valence-electron chi connectivity index (χ2n) is 9.96. The van der Waals surface area contributed by atoms with Crippen molar-refractivity contribution in [2.24, 2.45) is 7.05 Å². The molecule has 0 aliphatic rings. The molecular formula is C31H46ClN2O4+. The molecule has 0 unspecified atom stereocenters. The van der Waals surface area contributed by atoms with Crippen LogP contribution in [0.2, 0.25) is 5.02 Å². The van der Waals surface area contributed by atoms with E-state index in [0.29, 0.717) is 17.4 Å². The monoisotopic (exact) mass is 545 g/mol. The van der Waals surface area contributed by atoms with Crippen molar-refractivity contribution in [3.63, 3.8) is 0 Å². The number of carbonyl (C=O) groups excluding carboxylic acids is 2. The van der Waals surface area contributed by atoms with Gasteiger partial charge in [0.15, 0.2) is 6.20 Å². The van der Waals surface area contributed by atoms with Crippen molar-refractivity contribution in [1.82, 2.24) is 4.90 Å². The van der Waals surface area contributed by atoms with Crippen LogP contribution >= 0.6 is 11.6 Å². The number of imide groups is 1. The molecule has 7 heteroatoms. The zero-order valence-corrected chi connectivity index (χ0v) is 24.3. The minimum absolute atomic E-state index is 0.0161.